The Balaban J connectivity index is 3.75. The van der Waals surface area contributed by atoms with E-state index in [0.717, 1.165) is 0 Å². The molecule has 0 saturated carbocycles. The molecule has 2 N–H and O–H groups in total. The van der Waals surface area contributed by atoms with Crippen molar-refractivity contribution in [2.75, 3.05) is 25.5 Å². The van der Waals surface area contributed by atoms with Gasteiger partial charge in [0.15, 0.2) is 0 Å². The first-order chi connectivity index (χ1) is 9.08. The molecule has 0 heterocycles. The van der Waals surface area contributed by atoms with E-state index >= 15 is 0 Å². The predicted molar refractivity (Wildman–Crippen MR) is 70.8 cm³/mol. The fraction of sp³-hybridized carbons (Fsp3) is 0.818. The van der Waals surface area contributed by atoms with Crippen LogP contribution in [0.25, 0.3) is 0 Å². The maximum absolute atomic E-state index is 11.6. The van der Waals surface area contributed by atoms with E-state index in [4.69, 9.17) is 9.29 Å². The zero-order valence-electron chi connectivity index (χ0n) is 11.8. The van der Waals surface area contributed by atoms with Crippen LogP contribution < -0.4 is 5.32 Å². The van der Waals surface area contributed by atoms with Crippen LogP contribution in [-0.2, 0) is 24.4 Å². The van der Waals surface area contributed by atoms with Crippen LogP contribution in [0.3, 0.4) is 0 Å². The number of amides is 1. The minimum absolute atomic E-state index is 0.0754. The van der Waals surface area contributed by atoms with E-state index in [1.54, 1.807) is 13.8 Å². The van der Waals surface area contributed by atoms with E-state index in [1.165, 1.54) is 0 Å². The van der Waals surface area contributed by atoms with Crippen LogP contribution in [0, 0.1) is 5.41 Å². The molecule has 0 unspecified atom stereocenters. The molecule has 0 atom stereocenters. The zero-order valence-corrected chi connectivity index (χ0v) is 12.7. The fourth-order valence-corrected chi connectivity index (χ4v) is 1.30. The Labute approximate surface area is 118 Å². The van der Waals surface area contributed by atoms with Crippen molar-refractivity contribution >= 4 is 22.2 Å². The Kier molecular flexibility index (Phi) is 7.51. The standard InChI is InChI=1S/C11H21NO7S/c1-4-11(2,3)9(13)18-6-7-19-10(14)12-5-8-20(15,16)17/h4-8H2,1-3H3,(H,12,14)(H,15,16,17). The van der Waals surface area contributed by atoms with Crippen LogP contribution in [0.2, 0.25) is 0 Å². The lowest BCUT2D eigenvalue weighted by Crippen LogP contribution is -2.31. The minimum Gasteiger partial charge on any atom is -0.462 e. The minimum atomic E-state index is -4.12. The van der Waals surface area contributed by atoms with E-state index in [1.807, 2.05) is 6.92 Å². The van der Waals surface area contributed by atoms with Crippen LogP contribution >= 0.6 is 0 Å². The van der Waals surface area contributed by atoms with Gasteiger partial charge in [-0.2, -0.15) is 8.42 Å². The van der Waals surface area contributed by atoms with Crippen LogP contribution in [0.5, 0.6) is 0 Å². The number of carbonyl (C=O) groups excluding carboxylic acids is 2. The van der Waals surface area contributed by atoms with Gasteiger partial charge in [-0.3, -0.25) is 9.35 Å². The fourth-order valence-electron chi connectivity index (χ4n) is 0.942. The van der Waals surface area contributed by atoms with Crippen LogP contribution in [0.15, 0.2) is 0 Å². The van der Waals surface area contributed by atoms with Crippen LogP contribution in [0.1, 0.15) is 27.2 Å². The number of ether oxygens (including phenoxy) is 2. The third-order valence-corrected chi connectivity index (χ3v) is 3.34. The van der Waals surface area contributed by atoms with Crippen molar-refractivity contribution in [3.8, 4) is 0 Å². The molecule has 9 heteroatoms. The van der Waals surface area contributed by atoms with Gasteiger partial charge in [-0.15, -0.1) is 0 Å². The second-order valence-corrected chi connectivity index (χ2v) is 6.29. The molecular formula is C11H21NO7S. The SMILES string of the molecule is CCC(C)(C)C(=O)OCCOC(=O)NCCS(=O)(=O)O. The smallest absolute Gasteiger partial charge is 0.407 e. The number of hydrogen-bond acceptors (Lipinski definition) is 6. The van der Waals surface area contributed by atoms with Gasteiger partial charge in [-0.05, 0) is 20.3 Å². The number of alkyl carbamates (subject to hydrolysis) is 1. The number of rotatable bonds is 8. The zero-order chi connectivity index (χ0) is 15.8. The molecule has 0 aromatic carbocycles. The lowest BCUT2D eigenvalue weighted by molar-refractivity contribution is -0.155. The molecule has 1 amide bonds. The number of esters is 1. The summed E-state index contributed by atoms with van der Waals surface area (Å²) in [7, 11) is -4.12. The molecule has 0 aromatic rings. The summed E-state index contributed by atoms with van der Waals surface area (Å²) in [4.78, 5) is 22.6. The molecule has 0 aliphatic rings. The Hall–Kier alpha value is -1.35. The van der Waals surface area contributed by atoms with E-state index < -0.39 is 27.4 Å². The molecule has 0 rings (SSSR count). The highest BCUT2D eigenvalue weighted by atomic mass is 32.2. The normalized spacial score (nSPS) is 11.8. The first-order valence-corrected chi connectivity index (χ1v) is 7.72. The summed E-state index contributed by atoms with van der Waals surface area (Å²) >= 11 is 0. The number of carbonyl (C=O) groups is 2. The Morgan fingerprint density at radius 2 is 1.75 bits per heavy atom. The predicted octanol–water partition coefficient (Wildman–Crippen LogP) is 0.580. The quantitative estimate of drug-likeness (QED) is 0.382. The second kappa shape index (κ2) is 8.05. The van der Waals surface area contributed by atoms with Crippen molar-refractivity contribution in [2.45, 2.75) is 27.2 Å². The first kappa shape index (κ1) is 18.7. The number of hydrogen-bond donors (Lipinski definition) is 2. The van der Waals surface area contributed by atoms with Crippen molar-refractivity contribution in [1.29, 1.82) is 0 Å². The molecule has 0 spiro atoms. The summed E-state index contributed by atoms with van der Waals surface area (Å²) in [5, 5.41) is 2.13. The Morgan fingerprint density at radius 3 is 2.25 bits per heavy atom. The molecule has 0 saturated heterocycles. The Morgan fingerprint density at radius 1 is 1.20 bits per heavy atom. The van der Waals surface area contributed by atoms with Gasteiger partial charge in [0.2, 0.25) is 0 Å². The highest BCUT2D eigenvalue weighted by Gasteiger charge is 2.26. The van der Waals surface area contributed by atoms with Crippen molar-refractivity contribution in [3.63, 3.8) is 0 Å². The van der Waals surface area contributed by atoms with Gasteiger partial charge in [-0.25, -0.2) is 4.79 Å². The Bertz CT molecular complexity index is 430. The molecule has 118 valence electrons. The molecule has 20 heavy (non-hydrogen) atoms. The van der Waals surface area contributed by atoms with Crippen molar-refractivity contribution < 1.29 is 32.0 Å². The van der Waals surface area contributed by atoms with Gasteiger partial charge in [0.25, 0.3) is 10.1 Å². The van der Waals surface area contributed by atoms with Gasteiger partial charge < -0.3 is 14.8 Å². The molecule has 0 fully saturated rings. The van der Waals surface area contributed by atoms with Gasteiger partial charge in [-0.1, -0.05) is 6.92 Å². The monoisotopic (exact) mass is 311 g/mol. The van der Waals surface area contributed by atoms with E-state index in [9.17, 15) is 18.0 Å². The molecule has 8 nitrogen and oxygen atoms in total. The van der Waals surface area contributed by atoms with Crippen molar-refractivity contribution in [1.82, 2.24) is 5.32 Å². The highest BCUT2D eigenvalue weighted by molar-refractivity contribution is 7.85. The molecule has 0 aliphatic carbocycles. The molecule has 0 aromatic heterocycles. The van der Waals surface area contributed by atoms with E-state index in [0.29, 0.717) is 6.42 Å². The summed E-state index contributed by atoms with van der Waals surface area (Å²) < 4.78 is 38.8. The maximum atomic E-state index is 11.6. The first-order valence-electron chi connectivity index (χ1n) is 6.11. The molecular weight excluding hydrogens is 290 g/mol. The van der Waals surface area contributed by atoms with Crippen LogP contribution in [0.4, 0.5) is 4.79 Å². The average molecular weight is 311 g/mol. The third-order valence-electron chi connectivity index (χ3n) is 2.62. The molecule has 0 radical (unpaired) electrons. The van der Waals surface area contributed by atoms with Crippen LogP contribution in [-0.4, -0.2) is 50.5 Å². The number of nitrogens with one attached hydrogen (secondary N) is 1. The average Bonchev–Trinajstić information content (AvgIpc) is 2.32. The van der Waals surface area contributed by atoms with E-state index in [-0.39, 0.29) is 25.7 Å². The maximum Gasteiger partial charge on any atom is 0.407 e. The summed E-state index contributed by atoms with van der Waals surface area (Å²) in [5.74, 6) is -0.975. The van der Waals surface area contributed by atoms with Gasteiger partial charge in [0.1, 0.15) is 13.2 Å². The summed E-state index contributed by atoms with van der Waals surface area (Å²) in [6.07, 6.45) is -0.220. The summed E-state index contributed by atoms with van der Waals surface area (Å²) in [5.41, 5.74) is -0.586. The van der Waals surface area contributed by atoms with Gasteiger partial charge in [0, 0.05) is 6.54 Å². The lowest BCUT2D eigenvalue weighted by atomic mass is 9.91. The second-order valence-electron chi connectivity index (χ2n) is 4.72. The highest BCUT2D eigenvalue weighted by Crippen LogP contribution is 2.21. The third kappa shape index (κ3) is 8.70. The van der Waals surface area contributed by atoms with Gasteiger partial charge in [0.05, 0.1) is 11.2 Å². The van der Waals surface area contributed by atoms with E-state index in [2.05, 4.69) is 10.1 Å². The van der Waals surface area contributed by atoms with Crippen molar-refractivity contribution in [2.24, 2.45) is 5.41 Å². The topological polar surface area (TPSA) is 119 Å². The lowest BCUT2D eigenvalue weighted by Gasteiger charge is -2.20. The van der Waals surface area contributed by atoms with Crippen molar-refractivity contribution in [3.05, 3.63) is 0 Å². The summed E-state index contributed by atoms with van der Waals surface area (Å²) in [6, 6.07) is 0. The summed E-state index contributed by atoms with van der Waals surface area (Å²) in [6.45, 7) is 4.88. The van der Waals surface area contributed by atoms with Gasteiger partial charge >= 0.3 is 12.1 Å². The molecule has 0 bridgehead atoms. The molecule has 0 aliphatic heterocycles. The largest absolute Gasteiger partial charge is 0.462 e.